The second-order valence-corrected chi connectivity index (χ2v) is 8.08. The molecular weight excluding hydrogens is 343 g/mol. The Kier molecular flexibility index (Phi) is 8.41. The lowest BCUT2D eigenvalue weighted by atomic mass is 9.68. The lowest BCUT2D eigenvalue weighted by molar-refractivity contribution is -0.320. The summed E-state index contributed by atoms with van der Waals surface area (Å²) in [5.74, 6) is -0.286. The number of hydrogen-bond acceptors (Lipinski definition) is 3. The highest BCUT2D eigenvalue weighted by molar-refractivity contribution is 5.02. The first-order chi connectivity index (χ1) is 12.0. The molecule has 0 N–H and O–H groups in total. The highest BCUT2D eigenvalue weighted by Crippen LogP contribution is 2.55. The van der Waals surface area contributed by atoms with Crippen LogP contribution in [0.2, 0.25) is 0 Å². The highest BCUT2D eigenvalue weighted by atomic mass is 19.4. The monoisotopic (exact) mass is 377 g/mol. The quantitative estimate of drug-likeness (QED) is 0.335. The van der Waals surface area contributed by atoms with Gasteiger partial charge in [-0.05, 0) is 57.3 Å². The lowest BCUT2D eigenvalue weighted by Gasteiger charge is -2.39. The van der Waals surface area contributed by atoms with Gasteiger partial charge in [0.15, 0.2) is 11.9 Å². The van der Waals surface area contributed by atoms with E-state index in [1.165, 1.54) is 0 Å². The molecule has 0 spiro atoms. The molecule has 152 valence electrons. The fraction of sp³-hybridized carbons (Fsp3) is 0.950. The SMILES string of the molecule is CCCCOC(C)OC1(C(F)(F)F)CCC(C(C)(CC)CC(C)C#N)C1. The zero-order chi connectivity index (χ0) is 20.0. The van der Waals surface area contributed by atoms with Crippen LogP contribution in [0.5, 0.6) is 0 Å². The first kappa shape index (κ1) is 23.2. The predicted octanol–water partition coefficient (Wildman–Crippen LogP) is 6.23. The topological polar surface area (TPSA) is 42.2 Å². The fourth-order valence-electron chi connectivity index (χ4n) is 4.13. The van der Waals surface area contributed by atoms with E-state index in [9.17, 15) is 13.2 Å². The average molecular weight is 377 g/mol. The number of hydrogen-bond donors (Lipinski definition) is 0. The number of halogens is 3. The van der Waals surface area contributed by atoms with E-state index < -0.39 is 18.1 Å². The molecule has 1 rings (SSSR count). The normalized spacial score (nSPS) is 28.3. The number of ether oxygens (including phenoxy) is 2. The van der Waals surface area contributed by atoms with E-state index in [0.29, 0.717) is 19.4 Å². The Morgan fingerprint density at radius 2 is 1.92 bits per heavy atom. The van der Waals surface area contributed by atoms with Crippen LogP contribution in [0.15, 0.2) is 0 Å². The van der Waals surface area contributed by atoms with Gasteiger partial charge in [-0.2, -0.15) is 18.4 Å². The third kappa shape index (κ3) is 5.60. The first-order valence-electron chi connectivity index (χ1n) is 9.79. The summed E-state index contributed by atoms with van der Waals surface area (Å²) in [6, 6.07) is 2.22. The molecule has 0 bridgehead atoms. The number of nitriles is 1. The van der Waals surface area contributed by atoms with E-state index in [1.54, 1.807) is 6.92 Å². The highest BCUT2D eigenvalue weighted by Gasteiger charge is 2.62. The molecule has 1 saturated carbocycles. The van der Waals surface area contributed by atoms with Gasteiger partial charge in [-0.1, -0.05) is 33.6 Å². The molecule has 0 aliphatic heterocycles. The maximum Gasteiger partial charge on any atom is 0.417 e. The molecule has 1 aliphatic rings. The molecule has 0 amide bonds. The van der Waals surface area contributed by atoms with Crippen LogP contribution < -0.4 is 0 Å². The zero-order valence-electron chi connectivity index (χ0n) is 16.8. The molecule has 5 unspecified atom stereocenters. The van der Waals surface area contributed by atoms with Crippen LogP contribution in [0.25, 0.3) is 0 Å². The van der Waals surface area contributed by atoms with Gasteiger partial charge in [0.1, 0.15) is 0 Å². The second kappa shape index (κ2) is 9.41. The molecule has 1 aliphatic carbocycles. The Balaban J connectivity index is 2.91. The van der Waals surface area contributed by atoms with E-state index in [2.05, 4.69) is 6.07 Å². The van der Waals surface area contributed by atoms with E-state index in [4.69, 9.17) is 14.7 Å². The summed E-state index contributed by atoms with van der Waals surface area (Å²) >= 11 is 0. The summed E-state index contributed by atoms with van der Waals surface area (Å²) in [5.41, 5.74) is -2.44. The molecule has 0 radical (unpaired) electrons. The second-order valence-electron chi connectivity index (χ2n) is 8.08. The molecule has 0 aromatic carbocycles. The number of alkyl halides is 3. The van der Waals surface area contributed by atoms with Gasteiger partial charge >= 0.3 is 6.18 Å². The molecule has 0 aromatic rings. The molecule has 5 atom stereocenters. The Bertz CT molecular complexity index is 477. The van der Waals surface area contributed by atoms with Gasteiger partial charge in [0, 0.05) is 12.5 Å². The minimum Gasteiger partial charge on any atom is -0.353 e. The molecule has 6 heteroatoms. The van der Waals surface area contributed by atoms with Gasteiger partial charge < -0.3 is 9.47 Å². The van der Waals surface area contributed by atoms with E-state index >= 15 is 0 Å². The minimum absolute atomic E-state index is 0.0425. The van der Waals surface area contributed by atoms with Crippen molar-refractivity contribution in [2.24, 2.45) is 17.3 Å². The van der Waals surface area contributed by atoms with Crippen LogP contribution in [0.3, 0.4) is 0 Å². The van der Waals surface area contributed by atoms with Crippen LogP contribution in [0, 0.1) is 28.6 Å². The van der Waals surface area contributed by atoms with Crippen molar-refractivity contribution in [1.29, 1.82) is 5.26 Å². The largest absolute Gasteiger partial charge is 0.417 e. The van der Waals surface area contributed by atoms with Gasteiger partial charge in [0.25, 0.3) is 0 Å². The van der Waals surface area contributed by atoms with E-state index in [1.807, 2.05) is 27.7 Å². The fourth-order valence-corrected chi connectivity index (χ4v) is 4.13. The van der Waals surface area contributed by atoms with Crippen molar-refractivity contribution in [3.63, 3.8) is 0 Å². The molecule has 26 heavy (non-hydrogen) atoms. The summed E-state index contributed by atoms with van der Waals surface area (Å²) in [4.78, 5) is 0. The summed E-state index contributed by atoms with van der Waals surface area (Å²) < 4.78 is 52.7. The third-order valence-electron chi connectivity index (χ3n) is 6.02. The van der Waals surface area contributed by atoms with Gasteiger partial charge in [-0.3, -0.25) is 0 Å². The number of unbranched alkanes of at least 4 members (excludes halogenated alkanes) is 1. The molecule has 0 saturated heterocycles. The van der Waals surface area contributed by atoms with Crippen molar-refractivity contribution in [2.45, 2.75) is 97.6 Å². The van der Waals surface area contributed by atoms with Crippen LogP contribution in [-0.2, 0) is 9.47 Å². The van der Waals surface area contributed by atoms with Crippen LogP contribution >= 0.6 is 0 Å². The summed E-state index contributed by atoms with van der Waals surface area (Å²) in [7, 11) is 0. The average Bonchev–Trinajstić information content (AvgIpc) is 3.00. The third-order valence-corrected chi connectivity index (χ3v) is 6.02. The number of nitrogens with zero attached hydrogens (tertiary/aromatic N) is 1. The van der Waals surface area contributed by atoms with E-state index in [0.717, 1.165) is 19.3 Å². The predicted molar refractivity (Wildman–Crippen MR) is 95.3 cm³/mol. The molecule has 0 heterocycles. The lowest BCUT2D eigenvalue weighted by Crippen LogP contribution is -2.48. The minimum atomic E-state index is -4.43. The van der Waals surface area contributed by atoms with Crippen molar-refractivity contribution < 1.29 is 22.6 Å². The maximum atomic E-state index is 13.9. The van der Waals surface area contributed by atoms with Crippen molar-refractivity contribution in [3.8, 4) is 6.07 Å². The molecular formula is C20H34F3NO2. The van der Waals surface area contributed by atoms with Crippen molar-refractivity contribution in [1.82, 2.24) is 0 Å². The van der Waals surface area contributed by atoms with Crippen LogP contribution in [-0.4, -0.2) is 24.7 Å². The summed E-state index contributed by atoms with van der Waals surface area (Å²) in [6.07, 6.45) is -1.86. The molecule has 0 aromatic heterocycles. The van der Waals surface area contributed by atoms with Crippen molar-refractivity contribution >= 4 is 0 Å². The molecule has 3 nitrogen and oxygen atoms in total. The standard InChI is InChI=1S/C20H34F3NO2/c1-6-8-11-25-16(4)26-19(20(21,22)23)10-9-17(13-19)18(5,7-2)12-15(3)14-24/h15-17H,6-13H2,1-5H3. The van der Waals surface area contributed by atoms with Crippen molar-refractivity contribution in [2.75, 3.05) is 6.61 Å². The Morgan fingerprint density at radius 1 is 1.27 bits per heavy atom. The van der Waals surface area contributed by atoms with Gasteiger partial charge in [-0.25, -0.2) is 0 Å². The zero-order valence-corrected chi connectivity index (χ0v) is 16.8. The Labute approximate surface area is 156 Å². The van der Waals surface area contributed by atoms with Crippen molar-refractivity contribution in [3.05, 3.63) is 0 Å². The molecule has 1 fully saturated rings. The van der Waals surface area contributed by atoms with E-state index in [-0.39, 0.29) is 30.1 Å². The van der Waals surface area contributed by atoms with Crippen LogP contribution in [0.4, 0.5) is 13.2 Å². The van der Waals surface area contributed by atoms with Gasteiger partial charge in [-0.15, -0.1) is 0 Å². The summed E-state index contributed by atoms with van der Waals surface area (Å²) in [6.45, 7) is 9.80. The number of rotatable bonds is 10. The first-order valence-corrected chi connectivity index (χ1v) is 9.79. The van der Waals surface area contributed by atoms with Gasteiger partial charge in [0.2, 0.25) is 0 Å². The Morgan fingerprint density at radius 3 is 2.42 bits per heavy atom. The maximum absolute atomic E-state index is 13.9. The summed E-state index contributed by atoms with van der Waals surface area (Å²) in [5, 5.41) is 9.12. The van der Waals surface area contributed by atoms with Crippen LogP contribution in [0.1, 0.15) is 79.6 Å². The Hall–Kier alpha value is -0.800. The smallest absolute Gasteiger partial charge is 0.353 e. The van der Waals surface area contributed by atoms with Gasteiger partial charge in [0.05, 0.1) is 6.07 Å².